The minimum absolute atomic E-state index is 0.404. The van der Waals surface area contributed by atoms with Gasteiger partial charge in [-0.15, -0.1) is 0 Å². The molecule has 0 saturated carbocycles. The monoisotopic (exact) mass is 230 g/mol. The van der Waals surface area contributed by atoms with E-state index in [0.717, 1.165) is 16.8 Å². The fourth-order valence-corrected chi connectivity index (χ4v) is 1.68. The van der Waals surface area contributed by atoms with E-state index in [1.54, 1.807) is 19.1 Å². The van der Waals surface area contributed by atoms with Crippen LogP contribution in [-0.4, -0.2) is 20.0 Å². The minimum atomic E-state index is -0.404. The van der Waals surface area contributed by atoms with E-state index in [9.17, 15) is 4.79 Å². The van der Waals surface area contributed by atoms with Gasteiger partial charge in [0.15, 0.2) is 0 Å². The van der Waals surface area contributed by atoms with Crippen molar-refractivity contribution in [2.45, 2.75) is 6.92 Å². The Morgan fingerprint density at radius 1 is 1.35 bits per heavy atom. The highest BCUT2D eigenvalue weighted by molar-refractivity contribution is 5.97. The van der Waals surface area contributed by atoms with Gasteiger partial charge in [0.1, 0.15) is 0 Å². The number of hydrogen-bond donors (Lipinski definition) is 1. The molecule has 0 unspecified atom stereocenters. The highest BCUT2D eigenvalue weighted by Gasteiger charge is 2.08. The second kappa shape index (κ2) is 5.34. The molecule has 0 saturated heterocycles. The summed E-state index contributed by atoms with van der Waals surface area (Å²) in [4.78, 5) is 13.1. The van der Waals surface area contributed by atoms with Crippen LogP contribution in [0.1, 0.15) is 18.1 Å². The molecule has 0 spiro atoms. The molecule has 0 fully saturated rings. The van der Waals surface area contributed by atoms with Crippen molar-refractivity contribution in [3.05, 3.63) is 41.5 Å². The first-order chi connectivity index (χ1) is 7.97. The Morgan fingerprint density at radius 2 is 1.94 bits per heavy atom. The van der Waals surface area contributed by atoms with E-state index in [1.165, 1.54) is 0 Å². The molecule has 3 nitrogen and oxygen atoms in total. The van der Waals surface area contributed by atoms with E-state index in [1.807, 2.05) is 37.2 Å². The first-order valence-electron chi connectivity index (χ1n) is 5.38. The molecule has 1 amide bonds. The molecular weight excluding hydrogens is 212 g/mol. The summed E-state index contributed by atoms with van der Waals surface area (Å²) in [6, 6.07) is 5.87. The lowest BCUT2D eigenvalue weighted by Crippen LogP contribution is -2.14. The summed E-state index contributed by atoms with van der Waals surface area (Å²) in [6.07, 6.45) is 3.59. The van der Waals surface area contributed by atoms with Gasteiger partial charge in [0.05, 0.1) is 5.69 Å². The average molecular weight is 230 g/mol. The van der Waals surface area contributed by atoms with Crippen molar-refractivity contribution in [1.29, 1.82) is 0 Å². The molecule has 3 heteroatoms. The number of para-hydroxylation sites is 1. The zero-order chi connectivity index (χ0) is 13.0. The van der Waals surface area contributed by atoms with Crippen LogP contribution in [0.15, 0.2) is 30.4 Å². The van der Waals surface area contributed by atoms with E-state index >= 15 is 0 Å². The maximum Gasteiger partial charge on any atom is 0.244 e. The number of carbonyl (C=O) groups excluding carboxylic acids is 1. The smallest absolute Gasteiger partial charge is 0.244 e. The summed E-state index contributed by atoms with van der Waals surface area (Å²) in [5, 5.41) is 0. The second-order valence-electron chi connectivity index (χ2n) is 4.08. The summed E-state index contributed by atoms with van der Waals surface area (Å²) in [5.74, 6) is -0.404. The van der Waals surface area contributed by atoms with Crippen LogP contribution >= 0.6 is 0 Å². The quantitative estimate of drug-likeness (QED) is 0.807. The zero-order valence-electron chi connectivity index (χ0n) is 10.5. The number of nitrogens with two attached hydrogens (primary N) is 1. The fraction of sp³-hybridized carbons (Fsp3) is 0.214. The molecule has 0 heterocycles. The summed E-state index contributed by atoms with van der Waals surface area (Å²) >= 11 is 0. The molecule has 0 bridgehead atoms. The predicted octanol–water partition coefficient (Wildman–Crippen LogP) is 2.28. The maximum absolute atomic E-state index is 11.1. The second-order valence-corrected chi connectivity index (χ2v) is 4.08. The fourth-order valence-electron chi connectivity index (χ4n) is 1.68. The summed E-state index contributed by atoms with van der Waals surface area (Å²) in [7, 11) is 3.92. The minimum Gasteiger partial charge on any atom is -0.377 e. The Hall–Kier alpha value is -2.03. The van der Waals surface area contributed by atoms with Gasteiger partial charge in [-0.05, 0) is 24.1 Å². The number of nitrogens with zero attached hydrogens (tertiary/aromatic N) is 1. The third kappa shape index (κ3) is 2.97. The normalized spacial score (nSPS) is 11.1. The lowest BCUT2D eigenvalue weighted by molar-refractivity contribution is -0.114. The third-order valence-electron chi connectivity index (χ3n) is 2.53. The molecule has 0 radical (unpaired) electrons. The van der Waals surface area contributed by atoms with E-state index in [-0.39, 0.29) is 0 Å². The SMILES string of the molecule is C=Cc1cccc(/C=C(\C)C(N)=O)c1N(C)C. The first kappa shape index (κ1) is 13.0. The van der Waals surface area contributed by atoms with E-state index in [0.29, 0.717) is 5.57 Å². The van der Waals surface area contributed by atoms with Crippen LogP contribution in [0.5, 0.6) is 0 Å². The predicted molar refractivity (Wildman–Crippen MR) is 73.7 cm³/mol. The van der Waals surface area contributed by atoms with Crippen molar-refractivity contribution < 1.29 is 4.79 Å². The molecule has 0 aliphatic heterocycles. The zero-order valence-corrected chi connectivity index (χ0v) is 10.5. The highest BCUT2D eigenvalue weighted by atomic mass is 16.1. The Labute approximate surface area is 102 Å². The van der Waals surface area contributed by atoms with Gasteiger partial charge in [-0.2, -0.15) is 0 Å². The van der Waals surface area contributed by atoms with Crippen molar-refractivity contribution in [3.63, 3.8) is 0 Å². The average Bonchev–Trinajstić information content (AvgIpc) is 2.27. The summed E-state index contributed by atoms with van der Waals surface area (Å²) < 4.78 is 0. The van der Waals surface area contributed by atoms with Crippen molar-refractivity contribution >= 4 is 23.7 Å². The molecule has 0 aliphatic rings. The molecule has 1 aromatic carbocycles. The van der Waals surface area contributed by atoms with Crippen LogP contribution in [0, 0.1) is 0 Å². The molecule has 90 valence electrons. The Balaban J connectivity index is 3.38. The Morgan fingerprint density at radius 3 is 2.41 bits per heavy atom. The number of amides is 1. The molecule has 1 aromatic rings. The third-order valence-corrected chi connectivity index (χ3v) is 2.53. The van der Waals surface area contributed by atoms with Crippen LogP contribution < -0.4 is 10.6 Å². The van der Waals surface area contributed by atoms with Crippen LogP contribution in [0.25, 0.3) is 12.2 Å². The number of rotatable bonds is 4. The Kier molecular flexibility index (Phi) is 4.10. The number of carbonyl (C=O) groups is 1. The molecule has 1 rings (SSSR count). The van der Waals surface area contributed by atoms with E-state index in [4.69, 9.17) is 5.73 Å². The van der Waals surface area contributed by atoms with Crippen LogP contribution in [0.4, 0.5) is 5.69 Å². The molecule has 2 N–H and O–H groups in total. The molecule has 17 heavy (non-hydrogen) atoms. The topological polar surface area (TPSA) is 46.3 Å². The van der Waals surface area contributed by atoms with Crippen molar-refractivity contribution in [2.24, 2.45) is 5.73 Å². The molecule has 0 aromatic heterocycles. The van der Waals surface area contributed by atoms with Gasteiger partial charge in [0.2, 0.25) is 5.91 Å². The standard InChI is InChI=1S/C14H18N2O/c1-5-11-7-6-8-12(13(11)16(3)4)9-10(2)14(15)17/h5-9H,1H2,2-4H3,(H2,15,17)/b10-9+. The van der Waals surface area contributed by atoms with Gasteiger partial charge in [-0.1, -0.05) is 30.9 Å². The van der Waals surface area contributed by atoms with Gasteiger partial charge < -0.3 is 10.6 Å². The number of anilines is 1. The number of primary amides is 1. The molecular formula is C14H18N2O. The first-order valence-corrected chi connectivity index (χ1v) is 5.38. The van der Waals surface area contributed by atoms with E-state index in [2.05, 4.69) is 6.58 Å². The van der Waals surface area contributed by atoms with Crippen LogP contribution in [-0.2, 0) is 4.79 Å². The van der Waals surface area contributed by atoms with Crippen molar-refractivity contribution in [3.8, 4) is 0 Å². The van der Waals surface area contributed by atoms with Gasteiger partial charge in [-0.25, -0.2) is 0 Å². The van der Waals surface area contributed by atoms with Gasteiger partial charge in [-0.3, -0.25) is 4.79 Å². The summed E-state index contributed by atoms with van der Waals surface area (Å²) in [6.45, 7) is 5.50. The molecule has 0 aliphatic carbocycles. The van der Waals surface area contributed by atoms with Crippen molar-refractivity contribution in [2.75, 3.05) is 19.0 Å². The Bertz CT molecular complexity index is 473. The lowest BCUT2D eigenvalue weighted by Gasteiger charge is -2.19. The van der Waals surface area contributed by atoms with E-state index < -0.39 is 5.91 Å². The van der Waals surface area contributed by atoms with Crippen LogP contribution in [0.2, 0.25) is 0 Å². The largest absolute Gasteiger partial charge is 0.377 e. The van der Waals surface area contributed by atoms with Crippen LogP contribution in [0.3, 0.4) is 0 Å². The molecule has 0 atom stereocenters. The van der Waals surface area contributed by atoms with Gasteiger partial charge in [0, 0.05) is 19.7 Å². The maximum atomic E-state index is 11.1. The van der Waals surface area contributed by atoms with Crippen molar-refractivity contribution in [1.82, 2.24) is 0 Å². The number of hydrogen-bond acceptors (Lipinski definition) is 2. The lowest BCUT2D eigenvalue weighted by atomic mass is 10.0. The highest BCUT2D eigenvalue weighted by Crippen LogP contribution is 2.26. The van der Waals surface area contributed by atoms with Gasteiger partial charge in [0.25, 0.3) is 0 Å². The number of benzene rings is 1. The van der Waals surface area contributed by atoms with Gasteiger partial charge >= 0.3 is 0 Å². The summed E-state index contributed by atoms with van der Waals surface area (Å²) in [5.41, 5.74) is 8.80.